The summed E-state index contributed by atoms with van der Waals surface area (Å²) in [6.07, 6.45) is 2.12. The second-order valence-electron chi connectivity index (χ2n) is 5.37. The first-order valence-corrected chi connectivity index (χ1v) is 8.77. The van der Waals surface area contributed by atoms with E-state index in [1.165, 1.54) is 12.0 Å². The lowest BCUT2D eigenvalue weighted by molar-refractivity contribution is -0.121. The summed E-state index contributed by atoms with van der Waals surface area (Å²) in [5.74, 6) is 0.00584. The fourth-order valence-electron chi connectivity index (χ4n) is 2.73. The van der Waals surface area contributed by atoms with Crippen LogP contribution < -0.4 is 15.0 Å². The summed E-state index contributed by atoms with van der Waals surface area (Å²) in [6.45, 7) is 0. The molecule has 1 N–H and O–H groups in total. The van der Waals surface area contributed by atoms with E-state index < -0.39 is 6.04 Å². The van der Waals surface area contributed by atoms with Crippen LogP contribution in [0, 0.1) is 0 Å². The molecule has 5 nitrogen and oxygen atoms in total. The molecule has 0 saturated carbocycles. The number of hydrogen-bond acceptors (Lipinski definition) is 5. The first-order chi connectivity index (χ1) is 11.6. The van der Waals surface area contributed by atoms with Crippen LogP contribution in [-0.4, -0.2) is 31.2 Å². The largest absolute Gasteiger partial charge is 0.495 e. The standard InChI is InChI=1S/C18H18N2O3S/c1-23-16-9-4-3-8-15(16)20-17(21)11-14(18(20)22)19-12-6-5-7-13(10-12)24-2/h3-10,14,19H,11H2,1-2H3/t14-/m0/s1. The van der Waals surface area contributed by atoms with Gasteiger partial charge in [0, 0.05) is 10.6 Å². The zero-order valence-electron chi connectivity index (χ0n) is 13.5. The number of hydrogen-bond donors (Lipinski definition) is 1. The molecule has 6 heteroatoms. The van der Waals surface area contributed by atoms with E-state index in [1.54, 1.807) is 36.0 Å². The molecule has 0 bridgehead atoms. The van der Waals surface area contributed by atoms with Gasteiger partial charge < -0.3 is 10.1 Å². The van der Waals surface area contributed by atoms with Gasteiger partial charge in [-0.2, -0.15) is 0 Å². The van der Waals surface area contributed by atoms with Gasteiger partial charge in [0.25, 0.3) is 5.91 Å². The monoisotopic (exact) mass is 342 g/mol. The van der Waals surface area contributed by atoms with Crippen molar-refractivity contribution in [3.05, 3.63) is 48.5 Å². The van der Waals surface area contributed by atoms with E-state index in [0.717, 1.165) is 10.6 Å². The van der Waals surface area contributed by atoms with Crippen LogP contribution in [0.15, 0.2) is 53.4 Å². The summed E-state index contributed by atoms with van der Waals surface area (Å²) in [7, 11) is 1.52. The number of carbonyl (C=O) groups is 2. The highest BCUT2D eigenvalue weighted by molar-refractivity contribution is 7.98. The molecular weight excluding hydrogens is 324 g/mol. The topological polar surface area (TPSA) is 58.6 Å². The van der Waals surface area contributed by atoms with Gasteiger partial charge in [0.15, 0.2) is 0 Å². The van der Waals surface area contributed by atoms with Crippen LogP contribution in [-0.2, 0) is 9.59 Å². The van der Waals surface area contributed by atoms with Crippen LogP contribution >= 0.6 is 11.8 Å². The third-order valence-corrected chi connectivity index (χ3v) is 4.61. The van der Waals surface area contributed by atoms with Crippen molar-refractivity contribution < 1.29 is 14.3 Å². The van der Waals surface area contributed by atoms with Crippen molar-refractivity contribution in [1.29, 1.82) is 0 Å². The van der Waals surface area contributed by atoms with Crippen LogP contribution in [0.5, 0.6) is 5.75 Å². The van der Waals surface area contributed by atoms with Crippen LogP contribution in [0.1, 0.15) is 6.42 Å². The van der Waals surface area contributed by atoms with Gasteiger partial charge in [-0.25, -0.2) is 4.90 Å². The molecule has 1 aliphatic heterocycles. The van der Waals surface area contributed by atoms with Gasteiger partial charge >= 0.3 is 0 Å². The van der Waals surface area contributed by atoms with E-state index in [2.05, 4.69) is 5.32 Å². The number of amides is 2. The zero-order chi connectivity index (χ0) is 17.1. The average molecular weight is 342 g/mol. The Labute approximate surface area is 145 Å². The maximum Gasteiger partial charge on any atom is 0.256 e. The van der Waals surface area contributed by atoms with Crippen molar-refractivity contribution in [3.63, 3.8) is 0 Å². The maximum absolute atomic E-state index is 12.7. The molecule has 24 heavy (non-hydrogen) atoms. The minimum absolute atomic E-state index is 0.125. The highest BCUT2D eigenvalue weighted by atomic mass is 32.2. The molecule has 0 aromatic heterocycles. The third-order valence-electron chi connectivity index (χ3n) is 3.88. The molecule has 124 valence electrons. The number of nitrogens with one attached hydrogen (secondary N) is 1. The van der Waals surface area contributed by atoms with E-state index >= 15 is 0 Å². The number of carbonyl (C=O) groups excluding carboxylic acids is 2. The Hall–Kier alpha value is -2.47. The number of thioether (sulfide) groups is 1. The molecule has 0 radical (unpaired) electrons. The van der Waals surface area contributed by atoms with Gasteiger partial charge in [-0.1, -0.05) is 18.2 Å². The normalized spacial score (nSPS) is 17.2. The fraction of sp³-hybridized carbons (Fsp3) is 0.222. The molecular formula is C18H18N2O3S. The maximum atomic E-state index is 12.7. The van der Waals surface area contributed by atoms with Crippen LogP contribution in [0.4, 0.5) is 11.4 Å². The second kappa shape index (κ2) is 6.97. The highest BCUT2D eigenvalue weighted by Crippen LogP contribution is 2.32. The number of rotatable bonds is 5. The van der Waals surface area contributed by atoms with Crippen molar-refractivity contribution >= 4 is 35.0 Å². The Bertz CT molecular complexity index is 778. The molecule has 0 unspecified atom stereocenters. The number of para-hydroxylation sites is 2. The van der Waals surface area contributed by atoms with Crippen LogP contribution in [0.25, 0.3) is 0 Å². The summed E-state index contributed by atoms with van der Waals surface area (Å²) >= 11 is 1.63. The van der Waals surface area contributed by atoms with Crippen molar-refractivity contribution in [2.24, 2.45) is 0 Å². The Kier molecular flexibility index (Phi) is 4.76. The van der Waals surface area contributed by atoms with E-state index in [1.807, 2.05) is 30.5 Å². The Balaban J connectivity index is 1.83. The number of ether oxygens (including phenoxy) is 1. The summed E-state index contributed by atoms with van der Waals surface area (Å²) in [5, 5.41) is 3.17. The summed E-state index contributed by atoms with van der Waals surface area (Å²) < 4.78 is 5.27. The van der Waals surface area contributed by atoms with Crippen molar-refractivity contribution in [1.82, 2.24) is 0 Å². The van der Waals surface area contributed by atoms with Gasteiger partial charge in [-0.05, 0) is 36.6 Å². The van der Waals surface area contributed by atoms with Gasteiger partial charge in [-0.3, -0.25) is 9.59 Å². The lowest BCUT2D eigenvalue weighted by atomic mass is 10.2. The molecule has 2 aromatic carbocycles. The third kappa shape index (κ3) is 3.10. The molecule has 1 atom stereocenters. The molecule has 2 amide bonds. The van der Waals surface area contributed by atoms with Crippen LogP contribution in [0.2, 0.25) is 0 Å². The van der Waals surface area contributed by atoms with Crippen LogP contribution in [0.3, 0.4) is 0 Å². The first kappa shape index (κ1) is 16.4. The number of nitrogens with zero attached hydrogens (tertiary/aromatic N) is 1. The molecule has 1 heterocycles. The number of anilines is 2. The quantitative estimate of drug-likeness (QED) is 0.668. The second-order valence-corrected chi connectivity index (χ2v) is 6.25. The van der Waals surface area contributed by atoms with E-state index in [9.17, 15) is 9.59 Å². The van der Waals surface area contributed by atoms with Gasteiger partial charge in [0.05, 0.1) is 19.2 Å². The Morgan fingerprint density at radius 3 is 2.71 bits per heavy atom. The SMILES string of the molecule is COc1ccccc1N1C(=O)C[C@H](Nc2cccc(SC)c2)C1=O. The van der Waals surface area contributed by atoms with E-state index in [4.69, 9.17) is 4.74 Å². The predicted octanol–water partition coefficient (Wildman–Crippen LogP) is 3.16. The molecule has 1 fully saturated rings. The van der Waals surface area contributed by atoms with Crippen molar-refractivity contribution in [2.45, 2.75) is 17.4 Å². The fourth-order valence-corrected chi connectivity index (χ4v) is 3.19. The molecule has 1 saturated heterocycles. The smallest absolute Gasteiger partial charge is 0.256 e. The number of imide groups is 1. The van der Waals surface area contributed by atoms with E-state index in [0.29, 0.717) is 11.4 Å². The summed E-state index contributed by atoms with van der Waals surface area (Å²) in [4.78, 5) is 27.4. The molecule has 2 aromatic rings. The number of benzene rings is 2. The summed E-state index contributed by atoms with van der Waals surface area (Å²) in [5.41, 5.74) is 1.31. The average Bonchev–Trinajstić information content (AvgIpc) is 2.88. The molecule has 0 spiro atoms. The molecule has 0 aliphatic carbocycles. The van der Waals surface area contributed by atoms with Gasteiger partial charge in [0.2, 0.25) is 5.91 Å². The van der Waals surface area contributed by atoms with Crippen molar-refractivity contribution in [2.75, 3.05) is 23.6 Å². The Morgan fingerprint density at radius 2 is 1.96 bits per heavy atom. The number of methoxy groups -OCH3 is 1. The minimum atomic E-state index is -0.570. The first-order valence-electron chi connectivity index (χ1n) is 7.54. The van der Waals surface area contributed by atoms with Gasteiger partial charge in [0.1, 0.15) is 11.8 Å². The van der Waals surface area contributed by atoms with E-state index in [-0.39, 0.29) is 18.2 Å². The molecule has 1 aliphatic rings. The van der Waals surface area contributed by atoms with Gasteiger partial charge in [-0.15, -0.1) is 11.8 Å². The predicted molar refractivity (Wildman–Crippen MR) is 95.7 cm³/mol. The highest BCUT2D eigenvalue weighted by Gasteiger charge is 2.40. The lowest BCUT2D eigenvalue weighted by Crippen LogP contribution is -2.35. The summed E-state index contributed by atoms with van der Waals surface area (Å²) in [6, 6.07) is 14.2. The zero-order valence-corrected chi connectivity index (χ0v) is 14.3. The van der Waals surface area contributed by atoms with Crippen molar-refractivity contribution in [3.8, 4) is 5.75 Å². The lowest BCUT2D eigenvalue weighted by Gasteiger charge is -2.18. The Morgan fingerprint density at radius 1 is 1.17 bits per heavy atom. The molecule has 3 rings (SSSR count). The minimum Gasteiger partial charge on any atom is -0.495 e.